The van der Waals surface area contributed by atoms with Crippen LogP contribution < -0.4 is 4.72 Å². The molecule has 0 atom stereocenters. The summed E-state index contributed by atoms with van der Waals surface area (Å²) >= 11 is 0. The van der Waals surface area contributed by atoms with Gasteiger partial charge in [-0.15, -0.1) is 0 Å². The van der Waals surface area contributed by atoms with Crippen LogP contribution in [0.4, 0.5) is 0 Å². The molecule has 0 aromatic carbocycles. The summed E-state index contributed by atoms with van der Waals surface area (Å²) in [5, 5.41) is 0. The Morgan fingerprint density at radius 1 is 1.00 bits per heavy atom. The summed E-state index contributed by atoms with van der Waals surface area (Å²) in [6.07, 6.45) is 3.88. The number of carbonyl (C=O) groups is 1. The van der Waals surface area contributed by atoms with E-state index in [1.54, 1.807) is 4.31 Å². The number of likely N-dealkylation sites (N-methyl/N-ethyl adjacent to an activating group) is 1. The molecule has 0 bridgehead atoms. The van der Waals surface area contributed by atoms with Gasteiger partial charge in [0.05, 0.1) is 0 Å². The zero-order valence-corrected chi connectivity index (χ0v) is 14.7. The smallest absolute Gasteiger partial charge is 0.279 e. The molecule has 1 aliphatic carbocycles. The molecule has 0 aromatic heterocycles. The van der Waals surface area contributed by atoms with E-state index in [4.69, 9.17) is 0 Å². The lowest BCUT2D eigenvalue weighted by Gasteiger charge is -2.34. The number of likely N-dealkylation sites (tertiary alicyclic amines) is 1. The summed E-state index contributed by atoms with van der Waals surface area (Å²) in [5.74, 6) is 0.921. The van der Waals surface area contributed by atoms with Gasteiger partial charge in [0.1, 0.15) is 0 Å². The van der Waals surface area contributed by atoms with E-state index in [2.05, 4.69) is 9.62 Å². The molecule has 3 rings (SSSR count). The predicted octanol–water partition coefficient (Wildman–Crippen LogP) is -0.283. The number of rotatable bonds is 5. The second kappa shape index (κ2) is 7.04. The van der Waals surface area contributed by atoms with Crippen LogP contribution in [0.3, 0.4) is 0 Å². The molecule has 7 nitrogen and oxygen atoms in total. The van der Waals surface area contributed by atoms with Crippen LogP contribution in [0.15, 0.2) is 0 Å². The monoisotopic (exact) mass is 344 g/mol. The number of nitrogens with zero attached hydrogens (tertiary/aromatic N) is 3. The van der Waals surface area contributed by atoms with Crippen LogP contribution in [-0.2, 0) is 15.0 Å². The van der Waals surface area contributed by atoms with E-state index >= 15 is 0 Å². The van der Waals surface area contributed by atoms with Crippen molar-refractivity contribution in [2.75, 3.05) is 52.9 Å². The highest BCUT2D eigenvalue weighted by Gasteiger charge is 2.35. The summed E-state index contributed by atoms with van der Waals surface area (Å²) in [6, 6.07) is 0. The summed E-state index contributed by atoms with van der Waals surface area (Å²) in [7, 11) is -1.36. The van der Waals surface area contributed by atoms with Crippen molar-refractivity contribution in [3.8, 4) is 0 Å². The highest BCUT2D eigenvalue weighted by atomic mass is 32.2. The number of nitrogens with one attached hydrogen (secondary N) is 1. The predicted molar refractivity (Wildman–Crippen MR) is 88.0 cm³/mol. The Hall–Kier alpha value is -0.700. The fraction of sp³-hybridized carbons (Fsp3) is 0.933. The molecule has 132 valence electrons. The molecular formula is C15H28N4O3S. The number of piperazine rings is 1. The first-order valence-electron chi connectivity index (χ1n) is 8.68. The van der Waals surface area contributed by atoms with Crippen molar-refractivity contribution in [2.24, 2.45) is 11.8 Å². The number of hydrogen-bond donors (Lipinski definition) is 1. The number of amides is 1. The second-order valence-corrected chi connectivity index (χ2v) is 8.85. The summed E-state index contributed by atoms with van der Waals surface area (Å²) < 4.78 is 29.0. The van der Waals surface area contributed by atoms with Gasteiger partial charge in [-0.1, -0.05) is 0 Å². The zero-order valence-electron chi connectivity index (χ0n) is 13.9. The molecule has 3 aliphatic rings. The molecule has 2 aliphatic heterocycles. The van der Waals surface area contributed by atoms with Crippen molar-refractivity contribution in [2.45, 2.75) is 25.7 Å². The Morgan fingerprint density at radius 3 is 2.17 bits per heavy atom. The number of piperidine rings is 1. The normalized spacial score (nSPS) is 25.7. The van der Waals surface area contributed by atoms with Crippen LogP contribution in [0.2, 0.25) is 0 Å². The Balaban J connectivity index is 1.41. The second-order valence-electron chi connectivity index (χ2n) is 7.10. The first-order chi connectivity index (χ1) is 11.0. The third-order valence-corrected chi connectivity index (χ3v) is 6.79. The van der Waals surface area contributed by atoms with Crippen LogP contribution in [0.1, 0.15) is 25.7 Å². The van der Waals surface area contributed by atoms with Gasteiger partial charge in [0.15, 0.2) is 0 Å². The molecule has 0 radical (unpaired) electrons. The van der Waals surface area contributed by atoms with E-state index in [-0.39, 0.29) is 5.92 Å². The first-order valence-corrected chi connectivity index (χ1v) is 10.1. The maximum absolute atomic E-state index is 12.3. The first kappa shape index (κ1) is 17.1. The van der Waals surface area contributed by atoms with Crippen molar-refractivity contribution in [3.05, 3.63) is 0 Å². The fourth-order valence-corrected chi connectivity index (χ4v) is 4.56. The third kappa shape index (κ3) is 4.43. The van der Waals surface area contributed by atoms with Gasteiger partial charge in [-0.05, 0) is 38.6 Å². The standard InChI is InChI=1S/C15H28N4O3S/c1-17-8-10-19(11-9-17)23(21,22)16-12-13-4-6-18(7-5-13)15(20)14-2-3-14/h13-14,16H,2-12H2,1H3. The summed E-state index contributed by atoms with van der Waals surface area (Å²) in [4.78, 5) is 16.1. The van der Waals surface area contributed by atoms with Crippen molar-refractivity contribution in [1.29, 1.82) is 0 Å². The third-order valence-electron chi connectivity index (χ3n) is 5.21. The number of hydrogen-bond acceptors (Lipinski definition) is 4. The lowest BCUT2D eigenvalue weighted by molar-refractivity contribution is -0.133. The van der Waals surface area contributed by atoms with Crippen LogP contribution in [0, 0.1) is 11.8 Å². The Kier molecular flexibility index (Phi) is 5.25. The van der Waals surface area contributed by atoms with E-state index < -0.39 is 10.2 Å². The maximum atomic E-state index is 12.3. The summed E-state index contributed by atoms with van der Waals surface area (Å²) in [5.41, 5.74) is 0. The average molecular weight is 344 g/mol. The van der Waals surface area contributed by atoms with E-state index in [0.29, 0.717) is 31.5 Å². The molecule has 1 N–H and O–H groups in total. The molecule has 0 spiro atoms. The van der Waals surface area contributed by atoms with Crippen LogP contribution in [-0.4, -0.2) is 81.3 Å². The minimum atomic E-state index is -3.36. The van der Waals surface area contributed by atoms with Gasteiger partial charge >= 0.3 is 0 Å². The van der Waals surface area contributed by atoms with Gasteiger partial charge in [0.2, 0.25) is 5.91 Å². The van der Waals surface area contributed by atoms with Gasteiger partial charge in [0.25, 0.3) is 10.2 Å². The van der Waals surface area contributed by atoms with Gasteiger partial charge in [0, 0.05) is 51.7 Å². The van der Waals surface area contributed by atoms with Gasteiger partial charge in [-0.25, -0.2) is 4.72 Å². The highest BCUT2D eigenvalue weighted by molar-refractivity contribution is 7.87. The molecule has 2 heterocycles. The quantitative estimate of drug-likeness (QED) is 0.744. The molecule has 1 amide bonds. The molecule has 0 unspecified atom stereocenters. The van der Waals surface area contributed by atoms with Crippen LogP contribution in [0.5, 0.6) is 0 Å². The van der Waals surface area contributed by atoms with Crippen LogP contribution in [0.25, 0.3) is 0 Å². The Morgan fingerprint density at radius 2 is 1.61 bits per heavy atom. The van der Waals surface area contributed by atoms with Crippen molar-refractivity contribution in [3.63, 3.8) is 0 Å². The molecule has 23 heavy (non-hydrogen) atoms. The molecular weight excluding hydrogens is 316 g/mol. The van der Waals surface area contributed by atoms with Gasteiger partial charge < -0.3 is 9.80 Å². The highest BCUT2D eigenvalue weighted by Crippen LogP contribution is 2.32. The lowest BCUT2D eigenvalue weighted by atomic mass is 9.97. The molecule has 0 aromatic rings. The van der Waals surface area contributed by atoms with Gasteiger partial charge in [-0.3, -0.25) is 4.79 Å². The Labute approximate surface area is 139 Å². The largest absolute Gasteiger partial charge is 0.342 e. The Bertz CT molecular complexity index is 519. The van der Waals surface area contributed by atoms with Crippen molar-refractivity contribution in [1.82, 2.24) is 18.8 Å². The molecule has 2 saturated heterocycles. The number of carbonyl (C=O) groups excluding carboxylic acids is 1. The minimum absolute atomic E-state index is 0.280. The lowest BCUT2D eigenvalue weighted by Crippen LogP contribution is -2.52. The van der Waals surface area contributed by atoms with Crippen molar-refractivity contribution >= 4 is 16.1 Å². The van der Waals surface area contributed by atoms with Crippen LogP contribution >= 0.6 is 0 Å². The van der Waals surface area contributed by atoms with Crippen molar-refractivity contribution < 1.29 is 13.2 Å². The zero-order chi connectivity index (χ0) is 16.4. The molecule has 8 heteroatoms. The van der Waals surface area contributed by atoms with E-state index in [9.17, 15) is 13.2 Å². The van der Waals surface area contributed by atoms with E-state index in [0.717, 1.165) is 51.9 Å². The SMILES string of the molecule is CN1CCN(S(=O)(=O)NCC2CCN(C(=O)C3CC3)CC2)CC1. The average Bonchev–Trinajstić information content (AvgIpc) is 3.38. The van der Waals surface area contributed by atoms with Gasteiger partial charge in [-0.2, -0.15) is 12.7 Å². The minimum Gasteiger partial charge on any atom is -0.342 e. The molecule has 3 fully saturated rings. The topological polar surface area (TPSA) is 73.0 Å². The van der Waals surface area contributed by atoms with E-state index in [1.807, 2.05) is 11.9 Å². The molecule has 1 saturated carbocycles. The fourth-order valence-electron chi connectivity index (χ4n) is 3.29. The maximum Gasteiger partial charge on any atom is 0.279 e. The summed E-state index contributed by atoms with van der Waals surface area (Å²) in [6.45, 7) is 4.71. The van der Waals surface area contributed by atoms with E-state index in [1.165, 1.54) is 0 Å².